The zero-order chi connectivity index (χ0) is 42.2. The van der Waals surface area contributed by atoms with Gasteiger partial charge in [0, 0.05) is 32.3 Å². The molecular weight excluding hydrogens is 737 g/mol. The Kier molecular flexibility index (Phi) is 11.4. The molecule has 0 spiro atoms. The average Bonchev–Trinajstić information content (AvgIpc) is 3.90. The van der Waals surface area contributed by atoms with E-state index < -0.39 is 11.2 Å². The van der Waals surface area contributed by atoms with Crippen LogP contribution in [0.25, 0.3) is 0 Å². The average molecular weight is 811 g/mol. The predicted octanol–water partition coefficient (Wildman–Crippen LogP) is 8.92. The first-order chi connectivity index (χ1) is 28.0. The molecule has 0 aliphatic heterocycles. The van der Waals surface area contributed by atoms with Crippen LogP contribution in [0.3, 0.4) is 0 Å². The molecule has 6 fully saturated rings. The molecule has 0 bridgehead atoms. The van der Waals surface area contributed by atoms with E-state index in [2.05, 4.69) is 50.9 Å². The van der Waals surface area contributed by atoms with Crippen molar-refractivity contribution in [2.45, 2.75) is 155 Å². The van der Waals surface area contributed by atoms with E-state index in [9.17, 15) is 19.8 Å². The molecular formula is C51H74N2O6. The van der Waals surface area contributed by atoms with Gasteiger partial charge in [-0.25, -0.2) is 0 Å². The van der Waals surface area contributed by atoms with Crippen LogP contribution in [0.15, 0.2) is 35.7 Å². The third kappa shape index (κ3) is 7.18. The van der Waals surface area contributed by atoms with Gasteiger partial charge in [0.25, 0.3) is 0 Å². The van der Waals surface area contributed by atoms with Crippen molar-refractivity contribution in [3.63, 3.8) is 0 Å². The highest BCUT2D eigenvalue weighted by atomic mass is 16.5. The second kappa shape index (κ2) is 15.7. The summed E-state index contributed by atoms with van der Waals surface area (Å²) in [5, 5.41) is 26.3. The number of carbonyl (C=O) groups excluding carboxylic acids is 2. The Hall–Kier alpha value is -2.57. The number of Topliss-reactive ketones (excluding diaryl/α,β-unsaturated/α-hetero) is 2. The quantitative estimate of drug-likeness (QED) is 0.199. The Morgan fingerprint density at radius 3 is 1.71 bits per heavy atom. The fourth-order valence-corrected chi connectivity index (χ4v) is 16.0. The number of nitrogens with zero attached hydrogens (tertiary/aromatic N) is 2. The van der Waals surface area contributed by atoms with Crippen LogP contribution >= 0.6 is 0 Å². The number of hydrogen-bond donors (Lipinski definition) is 2. The van der Waals surface area contributed by atoms with Gasteiger partial charge in [0.05, 0.1) is 42.7 Å². The molecule has 0 amide bonds. The van der Waals surface area contributed by atoms with Crippen LogP contribution in [-0.2, 0) is 25.6 Å². The normalized spacial score (nSPS) is 45.7. The Morgan fingerprint density at radius 2 is 1.25 bits per heavy atom. The van der Waals surface area contributed by atoms with Crippen LogP contribution in [0.5, 0.6) is 0 Å². The summed E-state index contributed by atoms with van der Waals surface area (Å²) in [5.74, 6) is 7.19. The number of aromatic nitrogens is 2. The minimum Gasteiger partial charge on any atom is -0.387 e. The molecule has 2 N–H and O–H groups in total. The van der Waals surface area contributed by atoms with Crippen molar-refractivity contribution >= 4 is 11.6 Å². The van der Waals surface area contributed by atoms with Crippen molar-refractivity contribution in [2.75, 3.05) is 27.4 Å². The van der Waals surface area contributed by atoms with Gasteiger partial charge in [-0.05, 0) is 167 Å². The number of ketones is 2. The van der Waals surface area contributed by atoms with Crippen molar-refractivity contribution in [1.82, 2.24) is 9.78 Å². The molecule has 0 unspecified atom stereocenters. The van der Waals surface area contributed by atoms with Crippen LogP contribution in [0.1, 0.15) is 143 Å². The van der Waals surface area contributed by atoms with Crippen molar-refractivity contribution in [1.29, 1.82) is 0 Å². The van der Waals surface area contributed by atoms with E-state index in [0.29, 0.717) is 66.8 Å². The van der Waals surface area contributed by atoms with E-state index in [1.165, 1.54) is 25.7 Å². The summed E-state index contributed by atoms with van der Waals surface area (Å²) in [7, 11) is 3.38. The lowest BCUT2D eigenvalue weighted by atomic mass is 9.47. The summed E-state index contributed by atoms with van der Waals surface area (Å²) in [6.45, 7) is 12.7. The number of allylic oxidation sites excluding steroid dienone is 4. The molecule has 59 heavy (non-hydrogen) atoms. The number of hydrogen-bond acceptors (Lipinski definition) is 7. The third-order valence-corrected chi connectivity index (χ3v) is 19.2. The van der Waals surface area contributed by atoms with Crippen LogP contribution in [-0.4, -0.2) is 70.2 Å². The molecule has 0 saturated heterocycles. The zero-order valence-electron chi connectivity index (χ0n) is 37.4. The molecule has 8 nitrogen and oxygen atoms in total. The Bertz CT molecular complexity index is 1890. The number of rotatable bonds is 8. The van der Waals surface area contributed by atoms with E-state index in [0.717, 1.165) is 82.6 Å². The highest BCUT2D eigenvalue weighted by Crippen LogP contribution is 2.68. The maximum atomic E-state index is 13.4. The molecule has 8 heteroatoms. The van der Waals surface area contributed by atoms with Gasteiger partial charge in [0.2, 0.25) is 0 Å². The fraction of sp³-hybridized carbons (Fsp3) is 0.784. The van der Waals surface area contributed by atoms with Gasteiger partial charge in [-0.15, -0.1) is 6.42 Å². The van der Waals surface area contributed by atoms with E-state index in [4.69, 9.17) is 15.9 Å². The van der Waals surface area contributed by atoms with Gasteiger partial charge in [-0.1, -0.05) is 56.9 Å². The lowest BCUT2D eigenvalue weighted by Crippen LogP contribution is -2.52. The van der Waals surface area contributed by atoms with Crippen molar-refractivity contribution in [3.8, 4) is 12.3 Å². The summed E-state index contributed by atoms with van der Waals surface area (Å²) in [6, 6.07) is 0. The van der Waals surface area contributed by atoms with Crippen molar-refractivity contribution in [3.05, 3.63) is 41.3 Å². The summed E-state index contributed by atoms with van der Waals surface area (Å²) in [6.07, 6.45) is 30.7. The third-order valence-electron chi connectivity index (χ3n) is 19.2. The number of methoxy groups -OCH3 is 2. The molecule has 6 saturated carbocycles. The second-order valence-corrected chi connectivity index (χ2v) is 22.2. The summed E-state index contributed by atoms with van der Waals surface area (Å²) in [5.41, 5.74) is 3.34. The highest BCUT2D eigenvalue weighted by Gasteiger charge is 2.61. The minimum absolute atomic E-state index is 0.0298. The van der Waals surface area contributed by atoms with E-state index in [1.807, 2.05) is 0 Å². The largest absolute Gasteiger partial charge is 0.387 e. The van der Waals surface area contributed by atoms with Crippen LogP contribution in [0.2, 0.25) is 0 Å². The Morgan fingerprint density at radius 1 is 0.763 bits per heavy atom. The fourth-order valence-electron chi connectivity index (χ4n) is 16.0. The lowest BCUT2D eigenvalue weighted by Gasteiger charge is -2.58. The molecule has 1 aromatic heterocycles. The predicted molar refractivity (Wildman–Crippen MR) is 230 cm³/mol. The number of terminal acetylenes is 1. The van der Waals surface area contributed by atoms with Crippen molar-refractivity contribution < 1.29 is 29.3 Å². The second-order valence-electron chi connectivity index (χ2n) is 22.2. The minimum atomic E-state index is -0.674. The number of ether oxygens (including phenoxy) is 2. The first-order valence-corrected chi connectivity index (χ1v) is 23.3. The van der Waals surface area contributed by atoms with Crippen LogP contribution < -0.4 is 0 Å². The van der Waals surface area contributed by atoms with E-state index >= 15 is 0 Å². The van der Waals surface area contributed by atoms with E-state index in [1.54, 1.807) is 49.4 Å². The van der Waals surface area contributed by atoms with Crippen LogP contribution in [0, 0.1) is 81.3 Å². The maximum absolute atomic E-state index is 13.4. The summed E-state index contributed by atoms with van der Waals surface area (Å²) >= 11 is 0. The van der Waals surface area contributed by atoms with Gasteiger partial charge < -0.3 is 19.7 Å². The van der Waals surface area contributed by atoms with Gasteiger partial charge in [-0.3, -0.25) is 14.3 Å². The molecule has 324 valence electrons. The SMILES string of the molecule is C#Cc1cnn(CC(=O)[C@H]2CC[C@H]3[C@@H]4CC[C@@H]5C[C@@](O)(COC)CC[C@]5(C)C4=CC[C@]23C)c1.COC[C@@]1(O)CC[C@]2(C)C3=CC[C@]4(C)[C@@H](C(C)=O)CC[C@H]4[C@@H]3CC[C@@H]2C1. The highest BCUT2D eigenvalue weighted by molar-refractivity contribution is 5.82. The molecule has 1 aromatic rings. The molecule has 0 aromatic carbocycles. The Labute approximate surface area is 354 Å². The number of aliphatic hydroxyl groups is 2. The van der Waals surface area contributed by atoms with Crippen molar-refractivity contribution in [2.24, 2.45) is 69.0 Å². The topological polar surface area (TPSA) is 111 Å². The Balaban J connectivity index is 0.000000169. The monoisotopic (exact) mass is 811 g/mol. The molecule has 0 radical (unpaired) electrons. The van der Waals surface area contributed by atoms with Crippen LogP contribution in [0.4, 0.5) is 0 Å². The molecule has 9 rings (SSSR count). The summed E-state index contributed by atoms with van der Waals surface area (Å²) < 4.78 is 12.4. The van der Waals surface area contributed by atoms with Gasteiger partial charge in [-0.2, -0.15) is 5.10 Å². The van der Waals surface area contributed by atoms with Gasteiger partial charge in [0.1, 0.15) is 5.78 Å². The number of carbonyl (C=O) groups is 2. The maximum Gasteiger partial charge on any atom is 0.157 e. The first-order valence-electron chi connectivity index (χ1n) is 23.3. The molecule has 14 atom stereocenters. The molecule has 8 aliphatic carbocycles. The summed E-state index contributed by atoms with van der Waals surface area (Å²) in [4.78, 5) is 25.6. The lowest BCUT2D eigenvalue weighted by molar-refractivity contribution is -0.128. The molecule has 8 aliphatic rings. The smallest absolute Gasteiger partial charge is 0.157 e. The number of fused-ring (bicyclic) bond motifs is 10. The van der Waals surface area contributed by atoms with Gasteiger partial charge >= 0.3 is 0 Å². The first kappa shape index (κ1) is 43.1. The van der Waals surface area contributed by atoms with E-state index in [-0.39, 0.29) is 33.5 Å². The van der Waals surface area contributed by atoms with Gasteiger partial charge in [0.15, 0.2) is 5.78 Å². The standard InChI is InChI=1S/C28H38N2O3.C23H36O3/c1-5-19-15-29-30(16-19)17-25(31)24-9-8-22-21-7-6-20-14-28(32,18-33-4)13-12-26(20,2)23(21)10-11-27(22,24)3;1-15(24)18-7-8-19-17-6-5-16-13-23(25,14-26-4)12-11-21(16,2)20(17)9-10-22(18,19)3/h1,10,15-16,20-22,24,32H,6-9,11-14,17-18H2,2-4H3;9,16-19,25H,5-8,10-14H2,1-4H3/t20-,21+,22+,24-,26+,27+,28-;16-,17+,18-,19+,21+,22-,23-/m11/s1. The zero-order valence-corrected chi connectivity index (χ0v) is 37.4. The molecule has 1 heterocycles.